The molecule has 0 saturated carbocycles. The molecule has 1 aliphatic rings. The number of amides is 2. The van der Waals surface area contributed by atoms with Crippen molar-refractivity contribution in [3.63, 3.8) is 0 Å². The van der Waals surface area contributed by atoms with Gasteiger partial charge >= 0.3 is 0 Å². The molecule has 2 atom stereocenters. The van der Waals surface area contributed by atoms with Gasteiger partial charge in [-0.05, 0) is 43.4 Å². The Kier molecular flexibility index (Phi) is 6.69. The van der Waals surface area contributed by atoms with Crippen LogP contribution < -0.4 is 5.32 Å². The van der Waals surface area contributed by atoms with E-state index >= 15 is 0 Å². The molecule has 3 N–H and O–H groups in total. The van der Waals surface area contributed by atoms with E-state index in [1.807, 2.05) is 30.0 Å². The smallest absolute Gasteiger partial charge is 0.252 e. The zero-order valence-electron chi connectivity index (χ0n) is 19.0. The van der Waals surface area contributed by atoms with E-state index in [0.29, 0.717) is 42.7 Å². The van der Waals surface area contributed by atoms with E-state index < -0.39 is 5.60 Å². The third-order valence-electron chi connectivity index (χ3n) is 6.19. The van der Waals surface area contributed by atoms with Gasteiger partial charge in [-0.3, -0.25) is 9.59 Å². The first-order chi connectivity index (χ1) is 15.9. The Bertz CT molecular complexity index is 1140. The molecule has 9 heteroatoms. The predicted octanol–water partition coefficient (Wildman–Crippen LogP) is 2.54. The number of carbonyl (C=O) groups excluding carboxylic acids is 2. The Morgan fingerprint density at radius 3 is 2.94 bits per heavy atom. The largest absolute Gasteiger partial charge is 0.390 e. The van der Waals surface area contributed by atoms with Crippen LogP contribution in [0.2, 0.25) is 0 Å². The van der Waals surface area contributed by atoms with Crippen LogP contribution in [0.25, 0.3) is 11.2 Å². The molecule has 2 unspecified atom stereocenters. The van der Waals surface area contributed by atoms with Crippen LogP contribution in [0.1, 0.15) is 67.1 Å². The maximum absolute atomic E-state index is 13.2. The van der Waals surface area contributed by atoms with Gasteiger partial charge in [0.05, 0.1) is 23.6 Å². The van der Waals surface area contributed by atoms with Crippen molar-refractivity contribution in [2.75, 3.05) is 13.1 Å². The van der Waals surface area contributed by atoms with E-state index in [9.17, 15) is 14.7 Å². The maximum Gasteiger partial charge on any atom is 0.252 e. The molecule has 0 bridgehead atoms. The van der Waals surface area contributed by atoms with Gasteiger partial charge in [0.1, 0.15) is 5.52 Å². The highest BCUT2D eigenvalue weighted by Gasteiger charge is 2.33. The number of benzene rings is 1. The number of nitrogens with zero attached hydrogens (tertiary/aromatic N) is 4. The Hall–Kier alpha value is -3.33. The van der Waals surface area contributed by atoms with Crippen LogP contribution in [0.5, 0.6) is 0 Å². The van der Waals surface area contributed by atoms with E-state index in [4.69, 9.17) is 0 Å². The number of H-pyrrole nitrogens is 1. The summed E-state index contributed by atoms with van der Waals surface area (Å²) in [7, 11) is 0. The van der Waals surface area contributed by atoms with Gasteiger partial charge in [0.15, 0.2) is 0 Å². The molecule has 2 aromatic heterocycles. The predicted molar refractivity (Wildman–Crippen MR) is 123 cm³/mol. The standard InChI is InChI=1S/C24H30N6O3/c1-3-10-24(2,33)14-21(31)30-12-9-16-6-4-5-7-18(16)20(30)8-11-25-23(32)17-13-19-22(26-15-17)28-29-27-19/h4-7,13,15,20,33H,3,8-12,14H2,1-2H3,(H,25,32)(H,26,27,28,29). The average molecular weight is 451 g/mol. The van der Waals surface area contributed by atoms with Gasteiger partial charge in [-0.15, -0.1) is 5.10 Å². The second-order valence-electron chi connectivity index (χ2n) is 8.91. The molecule has 3 aromatic rings. The molecular weight excluding hydrogens is 420 g/mol. The van der Waals surface area contributed by atoms with Gasteiger partial charge in [-0.25, -0.2) is 4.98 Å². The zero-order valence-corrected chi connectivity index (χ0v) is 19.0. The molecule has 0 radical (unpaired) electrons. The van der Waals surface area contributed by atoms with Crippen molar-refractivity contribution < 1.29 is 14.7 Å². The number of fused-ring (bicyclic) bond motifs is 2. The van der Waals surface area contributed by atoms with Crippen molar-refractivity contribution >= 4 is 23.0 Å². The van der Waals surface area contributed by atoms with Gasteiger partial charge in [-0.1, -0.05) is 37.6 Å². The fraction of sp³-hybridized carbons (Fsp3) is 0.458. The van der Waals surface area contributed by atoms with Crippen molar-refractivity contribution in [1.29, 1.82) is 0 Å². The minimum atomic E-state index is -1.02. The summed E-state index contributed by atoms with van der Waals surface area (Å²) >= 11 is 0. The van der Waals surface area contributed by atoms with Gasteiger partial charge in [0, 0.05) is 19.3 Å². The summed E-state index contributed by atoms with van der Waals surface area (Å²) in [6.07, 6.45) is 4.31. The maximum atomic E-state index is 13.2. The van der Waals surface area contributed by atoms with Crippen molar-refractivity contribution in [3.8, 4) is 0 Å². The van der Waals surface area contributed by atoms with Crippen LogP contribution in [0.4, 0.5) is 0 Å². The monoisotopic (exact) mass is 450 g/mol. The summed E-state index contributed by atoms with van der Waals surface area (Å²) in [5.41, 5.74) is 2.70. The minimum Gasteiger partial charge on any atom is -0.390 e. The first-order valence-corrected chi connectivity index (χ1v) is 11.4. The lowest BCUT2D eigenvalue weighted by Crippen LogP contribution is -2.44. The number of aromatic amines is 1. The molecule has 33 heavy (non-hydrogen) atoms. The molecule has 1 aromatic carbocycles. The SMILES string of the molecule is CCCC(C)(O)CC(=O)N1CCc2ccccc2C1CCNC(=O)c1cnc2n[nH]nc2c1. The Morgan fingerprint density at radius 2 is 2.12 bits per heavy atom. The number of nitrogens with one attached hydrogen (secondary N) is 2. The van der Waals surface area contributed by atoms with Gasteiger partial charge in [0.25, 0.3) is 5.91 Å². The van der Waals surface area contributed by atoms with Crippen molar-refractivity contribution in [1.82, 2.24) is 30.6 Å². The molecule has 3 heterocycles. The second kappa shape index (κ2) is 9.66. The summed E-state index contributed by atoms with van der Waals surface area (Å²) < 4.78 is 0. The molecule has 0 spiro atoms. The Labute approximate surface area is 192 Å². The first-order valence-electron chi connectivity index (χ1n) is 11.4. The molecular formula is C24H30N6O3. The van der Waals surface area contributed by atoms with Gasteiger partial charge in [0.2, 0.25) is 11.6 Å². The third-order valence-corrected chi connectivity index (χ3v) is 6.19. The summed E-state index contributed by atoms with van der Waals surface area (Å²) in [6.45, 7) is 4.71. The lowest BCUT2D eigenvalue weighted by Gasteiger charge is -2.39. The molecule has 4 rings (SSSR count). The first kappa shape index (κ1) is 22.8. The molecule has 2 amide bonds. The van der Waals surface area contributed by atoms with Crippen LogP contribution >= 0.6 is 0 Å². The van der Waals surface area contributed by atoms with Crippen LogP contribution in [-0.2, 0) is 11.2 Å². The Balaban J connectivity index is 1.46. The molecule has 0 saturated heterocycles. The highest BCUT2D eigenvalue weighted by molar-refractivity contribution is 5.96. The summed E-state index contributed by atoms with van der Waals surface area (Å²) in [4.78, 5) is 31.8. The number of aromatic nitrogens is 4. The molecule has 1 aliphatic heterocycles. The lowest BCUT2D eigenvalue weighted by molar-refractivity contribution is -0.139. The quantitative estimate of drug-likeness (QED) is 0.484. The van der Waals surface area contributed by atoms with Crippen LogP contribution in [0.15, 0.2) is 36.5 Å². The molecule has 174 valence electrons. The van der Waals surface area contributed by atoms with E-state index in [2.05, 4.69) is 31.8 Å². The number of aliphatic hydroxyl groups is 1. The van der Waals surface area contributed by atoms with E-state index in [0.717, 1.165) is 18.4 Å². The minimum absolute atomic E-state index is 0.0556. The molecule has 0 aliphatic carbocycles. The summed E-state index contributed by atoms with van der Waals surface area (Å²) in [5, 5.41) is 23.9. The van der Waals surface area contributed by atoms with Crippen molar-refractivity contribution in [2.24, 2.45) is 0 Å². The van der Waals surface area contributed by atoms with Crippen molar-refractivity contribution in [3.05, 3.63) is 53.2 Å². The number of pyridine rings is 1. The normalized spacial score (nSPS) is 17.4. The topological polar surface area (TPSA) is 124 Å². The number of hydrogen-bond donors (Lipinski definition) is 3. The number of rotatable bonds is 8. The van der Waals surface area contributed by atoms with E-state index in [-0.39, 0.29) is 24.3 Å². The Morgan fingerprint density at radius 1 is 1.30 bits per heavy atom. The number of carbonyl (C=O) groups is 2. The average Bonchev–Trinajstić information content (AvgIpc) is 3.26. The van der Waals surface area contributed by atoms with Gasteiger partial charge in [-0.2, -0.15) is 10.3 Å². The zero-order chi connectivity index (χ0) is 23.4. The second-order valence-corrected chi connectivity index (χ2v) is 8.91. The van der Waals surface area contributed by atoms with E-state index in [1.165, 1.54) is 11.8 Å². The van der Waals surface area contributed by atoms with Crippen LogP contribution in [-0.4, -0.2) is 60.9 Å². The third kappa shape index (κ3) is 5.19. The lowest BCUT2D eigenvalue weighted by atomic mass is 9.89. The molecule has 0 fully saturated rings. The fourth-order valence-electron chi connectivity index (χ4n) is 4.60. The van der Waals surface area contributed by atoms with Crippen molar-refractivity contribution in [2.45, 2.75) is 57.6 Å². The molecule has 9 nitrogen and oxygen atoms in total. The van der Waals surface area contributed by atoms with Gasteiger partial charge < -0.3 is 15.3 Å². The highest BCUT2D eigenvalue weighted by atomic mass is 16.3. The van der Waals surface area contributed by atoms with Crippen LogP contribution in [0.3, 0.4) is 0 Å². The highest BCUT2D eigenvalue weighted by Crippen LogP contribution is 2.33. The summed E-state index contributed by atoms with van der Waals surface area (Å²) in [5.74, 6) is -0.305. The fourth-order valence-corrected chi connectivity index (χ4v) is 4.60. The summed E-state index contributed by atoms with van der Waals surface area (Å²) in [6, 6.07) is 9.61. The van der Waals surface area contributed by atoms with E-state index in [1.54, 1.807) is 13.0 Å². The number of hydrogen-bond acceptors (Lipinski definition) is 6. The van der Waals surface area contributed by atoms with Crippen LogP contribution in [0, 0.1) is 0 Å².